The van der Waals surface area contributed by atoms with Crippen LogP contribution in [0.4, 0.5) is 0 Å². The van der Waals surface area contributed by atoms with Crippen molar-refractivity contribution in [2.45, 2.75) is 6.92 Å². The molecule has 0 fully saturated rings. The van der Waals surface area contributed by atoms with Gasteiger partial charge in [-0.3, -0.25) is 0 Å². The lowest BCUT2D eigenvalue weighted by Gasteiger charge is -2.17. The van der Waals surface area contributed by atoms with Crippen molar-refractivity contribution in [2.75, 3.05) is 0 Å². The number of imidazole rings is 1. The van der Waals surface area contributed by atoms with Crippen LogP contribution in [0.3, 0.4) is 0 Å². The fraction of sp³-hybridized carbons (Fsp3) is 0.0417. The number of hydrogen-bond donors (Lipinski definition) is 0. The van der Waals surface area contributed by atoms with E-state index in [2.05, 4.69) is 89.3 Å². The maximum Gasteiger partial charge on any atom is 0.0991 e. The topological polar surface area (TPSA) is 17.8 Å². The first-order chi connectivity index (χ1) is 12.8. The van der Waals surface area contributed by atoms with Gasteiger partial charge in [0.2, 0.25) is 0 Å². The molecule has 26 heavy (non-hydrogen) atoms. The Bertz CT molecular complexity index is 1180. The lowest BCUT2D eigenvalue weighted by Crippen LogP contribution is -1.98. The number of aromatic nitrogens is 2. The van der Waals surface area contributed by atoms with Crippen molar-refractivity contribution in [1.29, 1.82) is 0 Å². The average Bonchev–Trinajstić information content (AvgIpc) is 3.20. The minimum atomic E-state index is 1.19. The molecule has 0 saturated carbocycles. The van der Waals surface area contributed by atoms with E-state index >= 15 is 0 Å². The number of fused-ring (bicyclic) bond motifs is 2. The van der Waals surface area contributed by atoms with Crippen LogP contribution in [-0.4, -0.2) is 9.55 Å². The van der Waals surface area contributed by atoms with Gasteiger partial charge in [0, 0.05) is 18.0 Å². The van der Waals surface area contributed by atoms with Crippen LogP contribution in [-0.2, 0) is 0 Å². The Balaban J connectivity index is 1.98. The van der Waals surface area contributed by atoms with Crippen LogP contribution in [0.5, 0.6) is 0 Å². The Kier molecular flexibility index (Phi) is 3.36. The molecule has 2 nitrogen and oxygen atoms in total. The fourth-order valence-corrected chi connectivity index (χ4v) is 3.90. The van der Waals surface area contributed by atoms with Gasteiger partial charge >= 0.3 is 0 Å². The summed E-state index contributed by atoms with van der Waals surface area (Å²) >= 11 is 0. The molecule has 0 aliphatic rings. The van der Waals surface area contributed by atoms with E-state index in [9.17, 15) is 0 Å². The molecule has 0 atom stereocenters. The van der Waals surface area contributed by atoms with E-state index < -0.39 is 0 Å². The zero-order chi connectivity index (χ0) is 17.5. The quantitative estimate of drug-likeness (QED) is 0.354. The van der Waals surface area contributed by atoms with E-state index in [1.54, 1.807) is 0 Å². The third-order valence-electron chi connectivity index (χ3n) is 5.04. The molecule has 0 radical (unpaired) electrons. The third kappa shape index (κ3) is 2.23. The predicted molar refractivity (Wildman–Crippen MR) is 109 cm³/mol. The second-order valence-corrected chi connectivity index (χ2v) is 6.63. The van der Waals surface area contributed by atoms with Crippen molar-refractivity contribution in [3.05, 3.63) is 97.1 Å². The highest BCUT2D eigenvalue weighted by molar-refractivity contribution is 6.13. The van der Waals surface area contributed by atoms with Crippen LogP contribution in [0, 0.1) is 6.92 Å². The summed E-state index contributed by atoms with van der Waals surface area (Å²) in [4.78, 5) is 4.26. The second-order valence-electron chi connectivity index (χ2n) is 6.63. The zero-order valence-electron chi connectivity index (χ0n) is 14.6. The van der Waals surface area contributed by atoms with Gasteiger partial charge in [0.1, 0.15) is 0 Å². The molecule has 0 spiro atoms. The van der Waals surface area contributed by atoms with Crippen LogP contribution in [0.2, 0.25) is 0 Å². The van der Waals surface area contributed by atoms with Gasteiger partial charge in [0.15, 0.2) is 0 Å². The monoisotopic (exact) mass is 334 g/mol. The molecule has 5 rings (SSSR count). The summed E-state index contributed by atoms with van der Waals surface area (Å²) in [5, 5.41) is 5.08. The number of hydrogen-bond acceptors (Lipinski definition) is 1. The molecule has 0 aliphatic carbocycles. The SMILES string of the molecule is Cc1cccc(-c2c3ccccc3cc3ccccc23)c1-n1ccnc1. The van der Waals surface area contributed by atoms with Gasteiger partial charge in [0.05, 0.1) is 12.0 Å². The number of aryl methyl sites for hydroxylation is 1. The molecule has 0 aliphatic heterocycles. The highest BCUT2D eigenvalue weighted by Crippen LogP contribution is 2.39. The number of nitrogens with zero attached hydrogens (tertiary/aromatic N) is 2. The molecule has 2 heteroatoms. The maximum atomic E-state index is 4.26. The molecule has 0 saturated heterocycles. The lowest BCUT2D eigenvalue weighted by atomic mass is 9.90. The van der Waals surface area contributed by atoms with Crippen molar-refractivity contribution in [2.24, 2.45) is 0 Å². The molecule has 0 N–H and O–H groups in total. The average molecular weight is 334 g/mol. The van der Waals surface area contributed by atoms with Crippen LogP contribution in [0.25, 0.3) is 38.4 Å². The summed E-state index contributed by atoms with van der Waals surface area (Å²) in [5.74, 6) is 0. The van der Waals surface area contributed by atoms with Gasteiger partial charge in [-0.25, -0.2) is 4.98 Å². The first-order valence-corrected chi connectivity index (χ1v) is 8.82. The summed E-state index contributed by atoms with van der Waals surface area (Å²) < 4.78 is 2.11. The van der Waals surface area contributed by atoms with Gasteiger partial charge in [-0.2, -0.15) is 0 Å². The van der Waals surface area contributed by atoms with Crippen LogP contribution in [0.15, 0.2) is 91.5 Å². The molecular weight excluding hydrogens is 316 g/mol. The van der Waals surface area contributed by atoms with E-state index in [0.717, 1.165) is 0 Å². The number of rotatable bonds is 2. The van der Waals surface area contributed by atoms with E-state index in [0.29, 0.717) is 0 Å². The molecule has 124 valence electrons. The standard InChI is InChI=1S/C24H18N2/c1-17-7-6-12-22(24(17)26-14-13-25-16-26)23-20-10-4-2-8-18(20)15-19-9-3-5-11-21(19)23/h2-16H,1H3. The Morgan fingerprint density at radius 3 is 2.12 bits per heavy atom. The van der Waals surface area contributed by atoms with E-state index in [-0.39, 0.29) is 0 Å². The molecule has 1 aromatic heterocycles. The smallest absolute Gasteiger partial charge is 0.0991 e. The van der Waals surface area contributed by atoms with Crippen LogP contribution in [0.1, 0.15) is 5.56 Å². The van der Waals surface area contributed by atoms with Crippen LogP contribution >= 0.6 is 0 Å². The molecular formula is C24H18N2. The largest absolute Gasteiger partial charge is 0.305 e. The molecule has 0 bridgehead atoms. The second kappa shape index (κ2) is 5.85. The van der Waals surface area contributed by atoms with Crippen molar-refractivity contribution >= 4 is 21.5 Å². The lowest BCUT2D eigenvalue weighted by molar-refractivity contribution is 1.04. The molecule has 0 unspecified atom stereocenters. The van der Waals surface area contributed by atoms with Gasteiger partial charge < -0.3 is 4.57 Å². The van der Waals surface area contributed by atoms with E-state index in [1.165, 1.54) is 43.9 Å². The van der Waals surface area contributed by atoms with E-state index in [4.69, 9.17) is 0 Å². The van der Waals surface area contributed by atoms with Gasteiger partial charge in [-0.15, -0.1) is 0 Å². The minimum absolute atomic E-state index is 1.19. The molecule has 4 aromatic carbocycles. The summed E-state index contributed by atoms with van der Waals surface area (Å²) in [5.41, 5.74) is 4.94. The van der Waals surface area contributed by atoms with Gasteiger partial charge in [-0.1, -0.05) is 66.7 Å². The van der Waals surface area contributed by atoms with Crippen molar-refractivity contribution < 1.29 is 0 Å². The summed E-state index contributed by atoms with van der Waals surface area (Å²) in [7, 11) is 0. The summed E-state index contributed by atoms with van der Waals surface area (Å²) in [6.07, 6.45) is 5.72. The summed E-state index contributed by atoms with van der Waals surface area (Å²) in [6, 6.07) is 26.1. The highest BCUT2D eigenvalue weighted by atomic mass is 15.0. The number of benzene rings is 4. The normalized spacial score (nSPS) is 11.3. The van der Waals surface area contributed by atoms with Crippen molar-refractivity contribution in [3.8, 4) is 16.8 Å². The van der Waals surface area contributed by atoms with Crippen LogP contribution < -0.4 is 0 Å². The molecule has 0 amide bonds. The fourth-order valence-electron chi connectivity index (χ4n) is 3.90. The van der Waals surface area contributed by atoms with E-state index in [1.807, 2.05) is 18.7 Å². The zero-order valence-corrected chi connectivity index (χ0v) is 14.6. The van der Waals surface area contributed by atoms with Gasteiger partial charge in [-0.05, 0) is 45.7 Å². The Labute approximate surface area is 152 Å². The molecule has 5 aromatic rings. The van der Waals surface area contributed by atoms with Gasteiger partial charge in [0.25, 0.3) is 0 Å². The first kappa shape index (κ1) is 14.9. The highest BCUT2D eigenvalue weighted by Gasteiger charge is 2.15. The Morgan fingerprint density at radius 1 is 0.769 bits per heavy atom. The Hall–Kier alpha value is -3.39. The predicted octanol–water partition coefficient (Wildman–Crippen LogP) is 6.15. The molecule has 1 heterocycles. The minimum Gasteiger partial charge on any atom is -0.305 e. The Morgan fingerprint density at radius 2 is 1.46 bits per heavy atom. The third-order valence-corrected chi connectivity index (χ3v) is 5.04. The van der Waals surface area contributed by atoms with Crippen molar-refractivity contribution in [1.82, 2.24) is 9.55 Å². The maximum absolute atomic E-state index is 4.26. The summed E-state index contributed by atoms with van der Waals surface area (Å²) in [6.45, 7) is 2.16. The first-order valence-electron chi connectivity index (χ1n) is 8.82. The number of para-hydroxylation sites is 1. The van der Waals surface area contributed by atoms with Crippen molar-refractivity contribution in [3.63, 3.8) is 0 Å².